The van der Waals surface area contributed by atoms with Crippen LogP contribution in [0.1, 0.15) is 17.0 Å². The molecule has 1 aliphatic rings. The maximum atomic E-state index is 12.1. The van der Waals surface area contributed by atoms with E-state index in [1.54, 1.807) is 0 Å². The molecule has 176 valence electrons. The fraction of sp³-hybridized carbons (Fsp3) is 0.348. The van der Waals surface area contributed by atoms with Crippen LogP contribution < -0.4 is 10.6 Å². The van der Waals surface area contributed by atoms with Gasteiger partial charge in [0.05, 0.1) is 6.61 Å². The van der Waals surface area contributed by atoms with Gasteiger partial charge in [-0.3, -0.25) is 4.79 Å². The van der Waals surface area contributed by atoms with Gasteiger partial charge in [-0.2, -0.15) is 0 Å². The molecular weight excluding hydrogens is 432 g/mol. The molecule has 0 unspecified atom stereocenters. The predicted octanol–water partition coefficient (Wildman–Crippen LogP) is -0.716. The molecule has 0 heterocycles. The molecule has 10 heteroatoms. The molecule has 0 bridgehead atoms. The van der Waals surface area contributed by atoms with Crippen molar-refractivity contribution < 1.29 is 39.5 Å². The van der Waals surface area contributed by atoms with Gasteiger partial charge in [-0.1, -0.05) is 48.5 Å². The van der Waals surface area contributed by atoms with Gasteiger partial charge in [0, 0.05) is 5.92 Å². The molecule has 0 saturated heterocycles. The summed E-state index contributed by atoms with van der Waals surface area (Å²) in [6.07, 6.45) is -6.09. The van der Waals surface area contributed by atoms with Gasteiger partial charge in [-0.15, -0.1) is 0 Å². The Labute approximate surface area is 189 Å². The summed E-state index contributed by atoms with van der Waals surface area (Å²) in [6.45, 7) is -1.34. The van der Waals surface area contributed by atoms with Gasteiger partial charge in [-0.05, 0) is 22.3 Å². The first-order valence-corrected chi connectivity index (χ1v) is 10.4. The van der Waals surface area contributed by atoms with Crippen molar-refractivity contribution in [1.29, 1.82) is 0 Å². The van der Waals surface area contributed by atoms with Crippen LogP contribution in [-0.2, 0) is 14.3 Å². The third kappa shape index (κ3) is 5.55. The number of fused-ring (bicyclic) bond motifs is 3. The highest BCUT2D eigenvalue weighted by Gasteiger charge is 2.32. The summed E-state index contributed by atoms with van der Waals surface area (Å²) in [7, 11) is 0. The van der Waals surface area contributed by atoms with E-state index < -0.39 is 49.5 Å². The molecule has 6 N–H and O–H groups in total. The van der Waals surface area contributed by atoms with E-state index in [2.05, 4.69) is 10.6 Å². The van der Waals surface area contributed by atoms with E-state index >= 15 is 0 Å². The topological polar surface area (TPSA) is 165 Å². The quantitative estimate of drug-likeness (QED) is 0.254. The SMILES string of the molecule is O=C[C@@H](NC(=O)CNC(=O)OCC1c2ccccc2-c2ccccc21)[C@@H](O)[C@H](O)[C@H](O)CO. The van der Waals surface area contributed by atoms with Crippen molar-refractivity contribution in [3.8, 4) is 11.1 Å². The second-order valence-corrected chi connectivity index (χ2v) is 7.64. The van der Waals surface area contributed by atoms with Crippen LogP contribution in [0.3, 0.4) is 0 Å². The second-order valence-electron chi connectivity index (χ2n) is 7.64. The fourth-order valence-corrected chi connectivity index (χ4v) is 3.79. The summed E-state index contributed by atoms with van der Waals surface area (Å²) in [5, 5.41) is 42.1. The van der Waals surface area contributed by atoms with Crippen molar-refractivity contribution in [3.63, 3.8) is 0 Å². The van der Waals surface area contributed by atoms with Gasteiger partial charge >= 0.3 is 6.09 Å². The van der Waals surface area contributed by atoms with E-state index in [0.29, 0.717) is 0 Å². The molecule has 1 aliphatic carbocycles. The lowest BCUT2D eigenvalue weighted by Gasteiger charge is -2.26. The fourth-order valence-electron chi connectivity index (χ4n) is 3.79. The lowest BCUT2D eigenvalue weighted by Crippen LogP contribution is -2.54. The van der Waals surface area contributed by atoms with Crippen LogP contribution in [-0.4, -0.2) is 82.8 Å². The van der Waals surface area contributed by atoms with Gasteiger partial charge in [0.25, 0.3) is 0 Å². The third-order valence-electron chi connectivity index (χ3n) is 5.51. The van der Waals surface area contributed by atoms with Crippen molar-refractivity contribution in [2.45, 2.75) is 30.3 Å². The molecule has 0 fully saturated rings. The lowest BCUT2D eigenvalue weighted by atomic mass is 9.98. The zero-order valence-electron chi connectivity index (χ0n) is 17.6. The van der Waals surface area contributed by atoms with Crippen LogP contribution in [0.25, 0.3) is 11.1 Å². The summed E-state index contributed by atoms with van der Waals surface area (Å²) in [4.78, 5) is 35.3. The third-order valence-corrected chi connectivity index (χ3v) is 5.51. The highest BCUT2D eigenvalue weighted by atomic mass is 16.5. The highest BCUT2D eigenvalue weighted by Crippen LogP contribution is 2.44. The highest BCUT2D eigenvalue weighted by molar-refractivity contribution is 5.84. The lowest BCUT2D eigenvalue weighted by molar-refractivity contribution is -0.130. The molecule has 2 aromatic carbocycles. The number of amides is 2. The maximum Gasteiger partial charge on any atom is 0.407 e. The zero-order valence-corrected chi connectivity index (χ0v) is 17.6. The van der Waals surface area contributed by atoms with Gasteiger partial charge in [0.2, 0.25) is 5.91 Å². The average Bonchev–Trinajstić information content (AvgIpc) is 3.17. The summed E-state index contributed by atoms with van der Waals surface area (Å²) < 4.78 is 5.30. The van der Waals surface area contributed by atoms with Crippen LogP contribution in [0.5, 0.6) is 0 Å². The van der Waals surface area contributed by atoms with Crippen molar-refractivity contribution in [3.05, 3.63) is 59.7 Å². The largest absolute Gasteiger partial charge is 0.449 e. The number of hydrogen-bond donors (Lipinski definition) is 6. The van der Waals surface area contributed by atoms with Gasteiger partial charge in [0.15, 0.2) is 0 Å². The molecule has 3 rings (SSSR count). The van der Waals surface area contributed by atoms with Gasteiger partial charge < -0.3 is 40.6 Å². The van der Waals surface area contributed by atoms with E-state index in [4.69, 9.17) is 9.84 Å². The molecule has 10 nitrogen and oxygen atoms in total. The second kappa shape index (κ2) is 11.0. The van der Waals surface area contributed by atoms with Crippen molar-refractivity contribution in [1.82, 2.24) is 10.6 Å². The number of benzene rings is 2. The van der Waals surface area contributed by atoms with Crippen LogP contribution in [0.2, 0.25) is 0 Å². The first kappa shape index (κ1) is 24.3. The molecule has 4 atom stereocenters. The normalized spacial score (nSPS) is 16.0. The molecule has 0 aliphatic heterocycles. The van der Waals surface area contributed by atoms with Crippen LogP contribution in [0, 0.1) is 0 Å². The molecule has 2 aromatic rings. The van der Waals surface area contributed by atoms with Crippen LogP contribution in [0.15, 0.2) is 48.5 Å². The van der Waals surface area contributed by atoms with E-state index in [1.807, 2.05) is 48.5 Å². The number of aldehydes is 1. The minimum atomic E-state index is -1.86. The smallest absolute Gasteiger partial charge is 0.407 e. The molecule has 0 aromatic heterocycles. The molecule has 33 heavy (non-hydrogen) atoms. The van der Waals surface area contributed by atoms with Crippen molar-refractivity contribution in [2.75, 3.05) is 19.8 Å². The Hall–Kier alpha value is -3.31. The summed E-state index contributed by atoms with van der Waals surface area (Å²) >= 11 is 0. The predicted molar refractivity (Wildman–Crippen MR) is 116 cm³/mol. The number of carbonyl (C=O) groups excluding carboxylic acids is 3. The zero-order chi connectivity index (χ0) is 24.0. The minimum absolute atomic E-state index is 0.0579. The Morgan fingerprint density at radius 3 is 2.09 bits per heavy atom. The number of hydrogen-bond acceptors (Lipinski definition) is 8. The Morgan fingerprint density at radius 2 is 1.55 bits per heavy atom. The van der Waals surface area contributed by atoms with E-state index in [1.165, 1.54) is 0 Å². The van der Waals surface area contributed by atoms with Crippen LogP contribution >= 0.6 is 0 Å². The van der Waals surface area contributed by atoms with E-state index in [0.717, 1.165) is 22.3 Å². The summed E-state index contributed by atoms with van der Waals surface area (Å²) in [6, 6.07) is 14.1. The number of alkyl carbamates (subject to hydrolysis) is 1. The Balaban J connectivity index is 1.51. The Kier molecular flexibility index (Phi) is 8.12. The molecular formula is C23H26N2O8. The summed E-state index contributed by atoms with van der Waals surface area (Å²) in [5.74, 6) is -0.976. The Bertz CT molecular complexity index is 952. The van der Waals surface area contributed by atoms with Gasteiger partial charge in [-0.25, -0.2) is 4.79 Å². The number of ether oxygens (including phenoxy) is 1. The standard InChI is InChI=1S/C23H26N2O8/c26-10-18(21(30)22(31)19(28)11-27)25-20(29)9-24-23(32)33-12-17-15-7-3-1-5-13(15)14-6-2-4-8-16(14)17/h1-8,10,17-19,21-22,27-28,30-31H,9,11-12H2,(H,24,32)(H,25,29)/t18-,19-,21-,22-/m1/s1. The number of carbonyl (C=O) groups is 3. The number of aliphatic hydroxyl groups is 4. The summed E-state index contributed by atoms with van der Waals surface area (Å²) in [5.41, 5.74) is 4.23. The molecule has 0 saturated carbocycles. The molecule has 0 spiro atoms. The molecule has 2 amide bonds. The molecule has 0 radical (unpaired) electrons. The van der Waals surface area contributed by atoms with Crippen molar-refractivity contribution in [2.24, 2.45) is 0 Å². The maximum absolute atomic E-state index is 12.1. The average molecular weight is 458 g/mol. The number of aliphatic hydroxyl groups excluding tert-OH is 4. The van der Waals surface area contributed by atoms with E-state index in [9.17, 15) is 29.7 Å². The van der Waals surface area contributed by atoms with E-state index in [-0.39, 0.29) is 18.8 Å². The van der Waals surface area contributed by atoms with Crippen LogP contribution in [0.4, 0.5) is 4.79 Å². The first-order chi connectivity index (χ1) is 15.9. The minimum Gasteiger partial charge on any atom is -0.449 e. The number of nitrogens with one attached hydrogen (secondary N) is 2. The van der Waals surface area contributed by atoms with Gasteiger partial charge in [0.1, 0.15) is 43.8 Å². The number of rotatable bonds is 10. The Morgan fingerprint density at radius 1 is 0.970 bits per heavy atom. The monoisotopic (exact) mass is 458 g/mol. The first-order valence-electron chi connectivity index (χ1n) is 10.4. The van der Waals surface area contributed by atoms with Crippen molar-refractivity contribution >= 4 is 18.3 Å².